The Morgan fingerprint density at radius 2 is 1.94 bits per heavy atom. The van der Waals surface area contributed by atoms with Crippen LogP contribution in [0.3, 0.4) is 0 Å². The molecule has 0 atom stereocenters. The molecule has 18 heavy (non-hydrogen) atoms. The van der Waals surface area contributed by atoms with Crippen molar-refractivity contribution in [2.24, 2.45) is 0 Å². The molecule has 0 saturated carbocycles. The van der Waals surface area contributed by atoms with Crippen LogP contribution in [0.2, 0.25) is 0 Å². The summed E-state index contributed by atoms with van der Waals surface area (Å²) in [5, 5.41) is 2.02. The highest BCUT2D eigenvalue weighted by Crippen LogP contribution is 2.20. The van der Waals surface area contributed by atoms with Crippen LogP contribution in [0.5, 0.6) is 0 Å². The molecule has 0 aliphatic heterocycles. The molecule has 1 nitrogen and oxygen atoms in total. The van der Waals surface area contributed by atoms with Crippen molar-refractivity contribution < 1.29 is 4.79 Å². The Morgan fingerprint density at radius 1 is 1.17 bits per heavy atom. The van der Waals surface area contributed by atoms with E-state index in [0.29, 0.717) is 12.2 Å². The highest BCUT2D eigenvalue weighted by atomic mass is 32.1. The van der Waals surface area contributed by atoms with Crippen LogP contribution in [0.4, 0.5) is 0 Å². The number of rotatable bonds is 6. The molecule has 1 heterocycles. The van der Waals surface area contributed by atoms with Crippen LogP contribution in [0.15, 0.2) is 41.8 Å². The zero-order chi connectivity index (χ0) is 12.8. The number of hydrogen-bond acceptors (Lipinski definition) is 2. The SMILES string of the molecule is CCc1ccsc1C(=O)CCCc1ccccc1. The maximum atomic E-state index is 12.1. The number of carbonyl (C=O) groups is 1. The molecule has 1 aromatic carbocycles. The number of thiophene rings is 1. The van der Waals surface area contributed by atoms with Gasteiger partial charge in [0, 0.05) is 6.42 Å². The molecule has 0 radical (unpaired) electrons. The third-order valence-electron chi connectivity index (χ3n) is 3.09. The quantitative estimate of drug-likeness (QED) is 0.696. The molecule has 0 aliphatic rings. The summed E-state index contributed by atoms with van der Waals surface area (Å²) in [6, 6.07) is 12.4. The predicted molar refractivity (Wildman–Crippen MR) is 77.4 cm³/mol. The fraction of sp³-hybridized carbons (Fsp3) is 0.312. The lowest BCUT2D eigenvalue weighted by Crippen LogP contribution is -2.00. The smallest absolute Gasteiger partial charge is 0.173 e. The van der Waals surface area contributed by atoms with E-state index in [1.54, 1.807) is 11.3 Å². The van der Waals surface area contributed by atoms with E-state index in [0.717, 1.165) is 24.1 Å². The van der Waals surface area contributed by atoms with Crippen molar-refractivity contribution in [3.63, 3.8) is 0 Å². The number of aryl methyl sites for hydroxylation is 2. The Hall–Kier alpha value is -1.41. The Morgan fingerprint density at radius 3 is 2.67 bits per heavy atom. The molecular formula is C16H18OS. The van der Waals surface area contributed by atoms with Gasteiger partial charge in [0.1, 0.15) is 0 Å². The Kier molecular flexibility index (Phi) is 4.71. The number of benzene rings is 1. The monoisotopic (exact) mass is 258 g/mol. The average Bonchev–Trinajstić information content (AvgIpc) is 2.88. The fourth-order valence-corrected chi connectivity index (χ4v) is 3.04. The van der Waals surface area contributed by atoms with Gasteiger partial charge in [0.15, 0.2) is 5.78 Å². The second kappa shape index (κ2) is 6.50. The van der Waals surface area contributed by atoms with Crippen LogP contribution in [0.1, 0.15) is 40.6 Å². The van der Waals surface area contributed by atoms with Crippen molar-refractivity contribution in [1.82, 2.24) is 0 Å². The molecule has 0 saturated heterocycles. The molecular weight excluding hydrogens is 240 g/mol. The molecule has 0 amide bonds. The number of ketones is 1. The summed E-state index contributed by atoms with van der Waals surface area (Å²) in [5.74, 6) is 0.304. The first-order valence-electron chi connectivity index (χ1n) is 6.44. The number of hydrogen-bond donors (Lipinski definition) is 0. The fourth-order valence-electron chi connectivity index (χ4n) is 2.07. The third kappa shape index (κ3) is 3.30. The minimum absolute atomic E-state index is 0.304. The third-order valence-corrected chi connectivity index (χ3v) is 4.09. The summed E-state index contributed by atoms with van der Waals surface area (Å²) in [4.78, 5) is 13.0. The minimum Gasteiger partial charge on any atom is -0.293 e. The summed E-state index contributed by atoms with van der Waals surface area (Å²) in [6.45, 7) is 2.10. The van der Waals surface area contributed by atoms with Gasteiger partial charge in [-0.3, -0.25) is 4.79 Å². The van der Waals surface area contributed by atoms with Crippen LogP contribution in [0, 0.1) is 0 Å². The largest absolute Gasteiger partial charge is 0.293 e. The lowest BCUT2D eigenvalue weighted by Gasteiger charge is -2.02. The molecule has 2 rings (SSSR count). The van der Waals surface area contributed by atoms with Crippen LogP contribution in [-0.2, 0) is 12.8 Å². The van der Waals surface area contributed by atoms with Gasteiger partial charge in [-0.1, -0.05) is 37.3 Å². The van der Waals surface area contributed by atoms with Crippen molar-refractivity contribution in [3.8, 4) is 0 Å². The van der Waals surface area contributed by atoms with Gasteiger partial charge >= 0.3 is 0 Å². The van der Waals surface area contributed by atoms with Crippen LogP contribution < -0.4 is 0 Å². The summed E-state index contributed by atoms with van der Waals surface area (Å²) in [5.41, 5.74) is 2.51. The van der Waals surface area contributed by atoms with Crippen molar-refractivity contribution >= 4 is 17.1 Å². The minimum atomic E-state index is 0.304. The topological polar surface area (TPSA) is 17.1 Å². The molecule has 1 aromatic heterocycles. The Bertz CT molecular complexity index is 499. The predicted octanol–water partition coefficient (Wildman–Crippen LogP) is 4.52. The zero-order valence-corrected chi connectivity index (χ0v) is 11.5. The summed E-state index contributed by atoms with van der Waals surface area (Å²) >= 11 is 1.58. The van der Waals surface area contributed by atoms with E-state index in [1.807, 2.05) is 23.6 Å². The maximum Gasteiger partial charge on any atom is 0.173 e. The van der Waals surface area contributed by atoms with Gasteiger partial charge in [-0.15, -0.1) is 11.3 Å². The van der Waals surface area contributed by atoms with Gasteiger partial charge in [-0.2, -0.15) is 0 Å². The zero-order valence-electron chi connectivity index (χ0n) is 10.7. The second-order valence-electron chi connectivity index (χ2n) is 4.39. The second-order valence-corrected chi connectivity index (χ2v) is 5.31. The van der Waals surface area contributed by atoms with Gasteiger partial charge in [-0.05, 0) is 41.8 Å². The van der Waals surface area contributed by atoms with Gasteiger partial charge < -0.3 is 0 Å². The molecule has 0 aliphatic carbocycles. The molecule has 94 valence electrons. The molecule has 0 spiro atoms. The Labute approximate surface area is 112 Å². The molecule has 0 unspecified atom stereocenters. The first kappa shape index (κ1) is 13.0. The standard InChI is InChI=1S/C16H18OS/c1-2-14-11-12-18-16(14)15(17)10-6-9-13-7-4-3-5-8-13/h3-5,7-8,11-12H,2,6,9-10H2,1H3. The highest BCUT2D eigenvalue weighted by Gasteiger charge is 2.11. The molecule has 0 fully saturated rings. The first-order valence-corrected chi connectivity index (χ1v) is 7.32. The lowest BCUT2D eigenvalue weighted by atomic mass is 10.0. The molecule has 0 N–H and O–H groups in total. The van der Waals surface area contributed by atoms with E-state index >= 15 is 0 Å². The van der Waals surface area contributed by atoms with E-state index in [1.165, 1.54) is 11.1 Å². The number of carbonyl (C=O) groups excluding carboxylic acids is 1. The number of Topliss-reactive ketones (excluding diaryl/α,β-unsaturated/α-hetero) is 1. The van der Waals surface area contributed by atoms with Crippen molar-refractivity contribution in [1.29, 1.82) is 0 Å². The molecule has 0 bridgehead atoms. The van der Waals surface area contributed by atoms with Gasteiger partial charge in [-0.25, -0.2) is 0 Å². The van der Waals surface area contributed by atoms with E-state index in [4.69, 9.17) is 0 Å². The van der Waals surface area contributed by atoms with Gasteiger partial charge in [0.05, 0.1) is 4.88 Å². The van der Waals surface area contributed by atoms with Crippen molar-refractivity contribution in [3.05, 3.63) is 57.8 Å². The summed E-state index contributed by atoms with van der Waals surface area (Å²) < 4.78 is 0. The average molecular weight is 258 g/mol. The van der Waals surface area contributed by atoms with Crippen LogP contribution >= 0.6 is 11.3 Å². The maximum absolute atomic E-state index is 12.1. The van der Waals surface area contributed by atoms with Crippen LogP contribution in [0.25, 0.3) is 0 Å². The summed E-state index contributed by atoms with van der Waals surface area (Å²) in [7, 11) is 0. The van der Waals surface area contributed by atoms with E-state index in [-0.39, 0.29) is 0 Å². The van der Waals surface area contributed by atoms with Crippen LogP contribution in [-0.4, -0.2) is 5.78 Å². The molecule has 2 aromatic rings. The normalized spacial score (nSPS) is 10.5. The molecule has 2 heteroatoms. The van der Waals surface area contributed by atoms with E-state index in [9.17, 15) is 4.79 Å². The van der Waals surface area contributed by atoms with Gasteiger partial charge in [0.2, 0.25) is 0 Å². The lowest BCUT2D eigenvalue weighted by molar-refractivity contribution is 0.0983. The van der Waals surface area contributed by atoms with Crippen molar-refractivity contribution in [2.45, 2.75) is 32.6 Å². The highest BCUT2D eigenvalue weighted by molar-refractivity contribution is 7.12. The van der Waals surface area contributed by atoms with E-state index < -0.39 is 0 Å². The summed E-state index contributed by atoms with van der Waals surface area (Å²) in [6.07, 6.45) is 3.52. The van der Waals surface area contributed by atoms with Gasteiger partial charge in [0.25, 0.3) is 0 Å². The Balaban J connectivity index is 1.86. The first-order chi connectivity index (χ1) is 8.81. The van der Waals surface area contributed by atoms with E-state index in [2.05, 4.69) is 25.1 Å². The van der Waals surface area contributed by atoms with Crippen molar-refractivity contribution in [2.75, 3.05) is 0 Å².